The molecule has 1 atom stereocenters. The van der Waals surface area contributed by atoms with E-state index in [4.69, 9.17) is 5.73 Å². The van der Waals surface area contributed by atoms with Crippen LogP contribution in [0.4, 0.5) is 0 Å². The molecule has 1 unspecified atom stereocenters. The Kier molecular flexibility index (Phi) is 9.09. The number of likely N-dealkylation sites (N-methyl/N-ethyl adjacent to an activating group) is 1. The van der Waals surface area contributed by atoms with Crippen molar-refractivity contribution in [3.8, 4) is 0 Å². The number of amides is 1. The minimum Gasteiger partial charge on any atom is -0.341 e. The van der Waals surface area contributed by atoms with E-state index in [1.165, 1.54) is 0 Å². The van der Waals surface area contributed by atoms with E-state index < -0.39 is 0 Å². The first-order chi connectivity index (χ1) is 8.01. The molecule has 0 rings (SSSR count). The molecule has 0 aromatic heterocycles. The molecule has 0 saturated heterocycles. The molecule has 0 heterocycles. The van der Waals surface area contributed by atoms with Crippen LogP contribution in [0.3, 0.4) is 0 Å². The highest BCUT2D eigenvalue weighted by molar-refractivity contribution is 5.76. The van der Waals surface area contributed by atoms with Crippen molar-refractivity contribution < 1.29 is 4.79 Å². The van der Waals surface area contributed by atoms with Crippen molar-refractivity contribution in [2.45, 2.75) is 33.1 Å². The number of nitrogens with zero attached hydrogens (tertiary/aromatic N) is 2. The van der Waals surface area contributed by atoms with Gasteiger partial charge in [-0.25, -0.2) is 0 Å². The Morgan fingerprint density at radius 3 is 2.35 bits per heavy atom. The summed E-state index contributed by atoms with van der Waals surface area (Å²) in [4.78, 5) is 16.1. The summed E-state index contributed by atoms with van der Waals surface area (Å²) in [5.41, 5.74) is 5.56. The Balaban J connectivity index is 4.05. The van der Waals surface area contributed by atoms with Gasteiger partial charge in [-0.05, 0) is 39.4 Å². The lowest BCUT2D eigenvalue weighted by molar-refractivity contribution is -0.131. The molecule has 2 N–H and O–H groups in total. The third kappa shape index (κ3) is 8.16. The number of carbonyl (C=O) groups excluding carboxylic acids is 1. The van der Waals surface area contributed by atoms with Crippen molar-refractivity contribution in [2.75, 3.05) is 40.3 Å². The predicted octanol–water partition coefficient (Wildman–Crippen LogP) is 1.16. The van der Waals surface area contributed by atoms with Gasteiger partial charge in [-0.2, -0.15) is 0 Å². The molecule has 0 spiro atoms. The second-order valence-corrected chi connectivity index (χ2v) is 5.06. The Labute approximate surface area is 106 Å². The van der Waals surface area contributed by atoms with Crippen LogP contribution in [0.25, 0.3) is 0 Å². The van der Waals surface area contributed by atoms with Crippen molar-refractivity contribution >= 4 is 5.91 Å². The molecule has 0 bridgehead atoms. The molecular weight excluding hydrogens is 214 g/mol. The number of nitrogens with two attached hydrogens (primary N) is 1. The van der Waals surface area contributed by atoms with E-state index in [1.54, 1.807) is 0 Å². The van der Waals surface area contributed by atoms with E-state index in [2.05, 4.69) is 18.7 Å². The number of rotatable bonds is 9. The molecule has 1 amide bonds. The second-order valence-electron chi connectivity index (χ2n) is 5.06. The molecular formula is C13H29N3O. The van der Waals surface area contributed by atoms with Gasteiger partial charge in [0.05, 0.1) is 0 Å². The largest absolute Gasteiger partial charge is 0.341 e. The molecule has 0 aliphatic heterocycles. The van der Waals surface area contributed by atoms with Gasteiger partial charge in [0.25, 0.3) is 0 Å². The Hall–Kier alpha value is -0.610. The van der Waals surface area contributed by atoms with E-state index in [9.17, 15) is 4.79 Å². The van der Waals surface area contributed by atoms with E-state index in [0.717, 1.165) is 32.5 Å². The number of carbonyl (C=O) groups is 1. The monoisotopic (exact) mass is 243 g/mol. The lowest BCUT2D eigenvalue weighted by Crippen LogP contribution is -2.37. The highest BCUT2D eigenvalue weighted by atomic mass is 16.2. The van der Waals surface area contributed by atoms with E-state index in [1.807, 2.05) is 19.0 Å². The van der Waals surface area contributed by atoms with Gasteiger partial charge in [-0.1, -0.05) is 13.8 Å². The van der Waals surface area contributed by atoms with Crippen molar-refractivity contribution in [3.63, 3.8) is 0 Å². The molecule has 17 heavy (non-hydrogen) atoms. The van der Waals surface area contributed by atoms with E-state index >= 15 is 0 Å². The quantitative estimate of drug-likeness (QED) is 0.661. The highest BCUT2D eigenvalue weighted by Crippen LogP contribution is 2.06. The van der Waals surface area contributed by atoms with Crippen molar-refractivity contribution in [2.24, 2.45) is 11.7 Å². The average molecular weight is 243 g/mol. The van der Waals surface area contributed by atoms with Crippen LogP contribution in [0, 0.1) is 5.92 Å². The van der Waals surface area contributed by atoms with Crippen molar-refractivity contribution in [1.29, 1.82) is 0 Å². The minimum absolute atomic E-state index is 0.272. The molecule has 0 aromatic rings. The first-order valence-corrected chi connectivity index (χ1v) is 6.63. The second kappa shape index (κ2) is 9.42. The summed E-state index contributed by atoms with van der Waals surface area (Å²) in [6, 6.07) is 0. The van der Waals surface area contributed by atoms with Gasteiger partial charge >= 0.3 is 0 Å². The van der Waals surface area contributed by atoms with Gasteiger partial charge in [0.2, 0.25) is 5.91 Å². The standard InChI is InChI=1S/C13H29N3O/c1-5-8-16(10-9-15(3)4)13(17)7-6-12(2)11-14/h12H,5-11,14H2,1-4H3. The van der Waals surface area contributed by atoms with Crippen molar-refractivity contribution in [3.05, 3.63) is 0 Å². The first kappa shape index (κ1) is 16.4. The molecule has 102 valence electrons. The maximum atomic E-state index is 12.0. The van der Waals surface area contributed by atoms with Crippen molar-refractivity contribution in [1.82, 2.24) is 9.80 Å². The van der Waals surface area contributed by atoms with Gasteiger partial charge in [-0.15, -0.1) is 0 Å². The summed E-state index contributed by atoms with van der Waals surface area (Å²) in [6.07, 6.45) is 2.55. The van der Waals surface area contributed by atoms with Crippen LogP contribution in [0.5, 0.6) is 0 Å². The summed E-state index contributed by atoms with van der Waals surface area (Å²) in [5, 5.41) is 0. The van der Waals surface area contributed by atoms with Crippen LogP contribution in [-0.2, 0) is 4.79 Å². The van der Waals surface area contributed by atoms with Crippen LogP contribution in [0.15, 0.2) is 0 Å². The minimum atomic E-state index is 0.272. The molecule has 0 radical (unpaired) electrons. The summed E-state index contributed by atoms with van der Waals surface area (Å²) < 4.78 is 0. The summed E-state index contributed by atoms with van der Waals surface area (Å²) >= 11 is 0. The van der Waals surface area contributed by atoms with E-state index in [-0.39, 0.29) is 5.91 Å². The average Bonchev–Trinajstić information content (AvgIpc) is 2.30. The van der Waals surface area contributed by atoms with Gasteiger partial charge in [0.15, 0.2) is 0 Å². The Morgan fingerprint density at radius 1 is 1.24 bits per heavy atom. The lowest BCUT2D eigenvalue weighted by atomic mass is 10.1. The third-order valence-electron chi connectivity index (χ3n) is 2.92. The van der Waals surface area contributed by atoms with Crippen LogP contribution < -0.4 is 5.73 Å². The third-order valence-corrected chi connectivity index (χ3v) is 2.92. The normalized spacial score (nSPS) is 12.8. The Morgan fingerprint density at radius 2 is 1.88 bits per heavy atom. The summed E-state index contributed by atoms with van der Waals surface area (Å²) in [7, 11) is 4.07. The SMILES string of the molecule is CCCN(CCN(C)C)C(=O)CCC(C)CN. The van der Waals surface area contributed by atoms with Crippen LogP contribution in [-0.4, -0.2) is 56.0 Å². The molecule has 0 saturated carbocycles. The molecule has 0 aromatic carbocycles. The zero-order valence-electron chi connectivity index (χ0n) is 11.9. The fourth-order valence-electron chi connectivity index (χ4n) is 1.60. The van der Waals surface area contributed by atoms with Crippen LogP contribution in [0.1, 0.15) is 33.1 Å². The topological polar surface area (TPSA) is 49.6 Å². The maximum Gasteiger partial charge on any atom is 0.222 e. The Bertz CT molecular complexity index is 207. The fourth-order valence-corrected chi connectivity index (χ4v) is 1.60. The van der Waals surface area contributed by atoms with Gasteiger partial charge in [0, 0.05) is 26.1 Å². The number of hydrogen-bond donors (Lipinski definition) is 1. The van der Waals surface area contributed by atoms with E-state index in [0.29, 0.717) is 18.9 Å². The fraction of sp³-hybridized carbons (Fsp3) is 0.923. The maximum absolute atomic E-state index is 12.0. The number of hydrogen-bond acceptors (Lipinski definition) is 3. The zero-order valence-corrected chi connectivity index (χ0v) is 11.9. The molecule has 4 nitrogen and oxygen atoms in total. The van der Waals surface area contributed by atoms with Crippen LogP contribution in [0.2, 0.25) is 0 Å². The first-order valence-electron chi connectivity index (χ1n) is 6.63. The highest BCUT2D eigenvalue weighted by Gasteiger charge is 2.13. The molecule has 4 heteroatoms. The van der Waals surface area contributed by atoms with Gasteiger partial charge in [0.1, 0.15) is 0 Å². The lowest BCUT2D eigenvalue weighted by Gasteiger charge is -2.24. The van der Waals surface area contributed by atoms with Gasteiger partial charge in [-0.3, -0.25) is 4.79 Å². The summed E-state index contributed by atoms with van der Waals surface area (Å²) in [5.74, 6) is 0.713. The molecule has 0 fully saturated rings. The zero-order chi connectivity index (χ0) is 13.3. The predicted molar refractivity (Wildman–Crippen MR) is 72.9 cm³/mol. The summed E-state index contributed by atoms with van der Waals surface area (Å²) in [6.45, 7) is 7.49. The molecule has 0 aliphatic carbocycles. The van der Waals surface area contributed by atoms with Gasteiger partial charge < -0.3 is 15.5 Å². The van der Waals surface area contributed by atoms with Crippen LogP contribution >= 0.6 is 0 Å². The smallest absolute Gasteiger partial charge is 0.222 e. The molecule has 0 aliphatic rings.